The second-order valence-corrected chi connectivity index (χ2v) is 0.949. The van der Waals surface area contributed by atoms with Gasteiger partial charge in [0.2, 0.25) is 0 Å². The Morgan fingerprint density at radius 3 is 2.83 bits per heavy atom. The number of hydrogen-bond acceptors (Lipinski definition) is 1. The van der Waals surface area contributed by atoms with Crippen LogP contribution < -0.4 is 5.32 Å². The van der Waals surface area contributed by atoms with Crippen LogP contribution in [0.3, 0.4) is 0 Å². The zero-order chi connectivity index (χ0) is 5.86. The summed E-state index contributed by atoms with van der Waals surface area (Å²) in [7, 11) is 1.98. The molecule has 0 aliphatic heterocycles. The predicted molar refractivity (Wildman–Crippen MR) is 25.7 cm³/mol. The number of nitrogens with one attached hydrogen (secondary N) is 1. The van der Waals surface area contributed by atoms with Gasteiger partial charge in [-0.15, -0.1) is 9.24 Å². The van der Waals surface area contributed by atoms with Crippen LogP contribution in [0.2, 0.25) is 0 Å². The largest absolute Gasteiger partial charge is 0.465 e. The van der Waals surface area contributed by atoms with Gasteiger partial charge in [-0.3, -0.25) is 0 Å². The highest BCUT2D eigenvalue weighted by Gasteiger charge is 1.83. The molecule has 0 saturated carbocycles. The minimum atomic E-state index is -1.17. The second kappa shape index (κ2) is 2.91. The molecule has 0 aromatic heterocycles. The van der Waals surface area contributed by atoms with Gasteiger partial charge in [-0.1, -0.05) is 0 Å². The second-order valence-electron chi connectivity index (χ2n) is 0.616. The van der Waals surface area contributed by atoms with Crippen LogP contribution in [0.25, 0.3) is 0 Å². The summed E-state index contributed by atoms with van der Waals surface area (Å²) in [4.78, 5) is 9.57. The van der Waals surface area contributed by atoms with Gasteiger partial charge in [0.15, 0.2) is 0 Å². The molecule has 0 fully saturated rings. The molecule has 0 rings (SSSR count). The third kappa shape index (κ3) is 3.70. The van der Waals surface area contributed by atoms with Crippen LogP contribution in [-0.4, -0.2) is 17.5 Å². The van der Waals surface area contributed by atoms with Crippen LogP contribution in [0, 0.1) is 0 Å². The molecule has 2 atom stereocenters. The van der Waals surface area contributed by atoms with E-state index in [0.717, 1.165) is 0 Å². The average molecular weight is 109 g/mol. The highest BCUT2D eigenvalue weighted by atomic mass is 31.0. The van der Waals surface area contributed by atoms with E-state index in [9.17, 15) is 4.79 Å². The standard InChI is InChI=1S/C2H6NO2P/c4-2(5)3-1-6/h3H,1,6H2,(H,4,5)/i1T. The average Bonchev–Trinajstić information content (AvgIpc) is 1.27. The molecule has 4 heteroatoms. The summed E-state index contributed by atoms with van der Waals surface area (Å²) in [5.41, 5.74) is 0. The van der Waals surface area contributed by atoms with Crippen LogP contribution in [-0.2, 0) is 0 Å². The molecule has 0 aromatic carbocycles. The van der Waals surface area contributed by atoms with Gasteiger partial charge in [0.25, 0.3) is 0 Å². The Balaban J connectivity index is 3.13. The predicted octanol–water partition coefficient (Wildman–Crippen LogP) is 0.0866. The lowest BCUT2D eigenvalue weighted by Crippen LogP contribution is -2.17. The van der Waals surface area contributed by atoms with Crippen molar-refractivity contribution in [2.75, 3.05) is 6.26 Å². The Kier molecular flexibility index (Phi) is 1.88. The summed E-state index contributed by atoms with van der Waals surface area (Å²) in [6.45, 7) is 0. The Morgan fingerprint density at radius 2 is 2.83 bits per heavy atom. The Hall–Kier alpha value is -0.300. The molecule has 2 unspecified atom stereocenters. The van der Waals surface area contributed by atoms with E-state index in [1.807, 2.05) is 14.6 Å². The molecule has 6 heavy (non-hydrogen) atoms. The van der Waals surface area contributed by atoms with Gasteiger partial charge in [0.05, 0.1) is 1.37 Å². The van der Waals surface area contributed by atoms with Gasteiger partial charge in [-0.25, -0.2) is 4.79 Å². The third-order valence-corrected chi connectivity index (χ3v) is 0.373. The first kappa shape index (κ1) is 3.88. The summed E-state index contributed by atoms with van der Waals surface area (Å²) >= 11 is 0. The molecule has 0 spiro atoms. The Labute approximate surface area is 39.3 Å². The minimum Gasteiger partial charge on any atom is -0.465 e. The molecule has 0 radical (unpaired) electrons. The van der Waals surface area contributed by atoms with E-state index in [4.69, 9.17) is 6.48 Å². The van der Waals surface area contributed by atoms with Crippen molar-refractivity contribution in [1.82, 2.24) is 5.32 Å². The summed E-state index contributed by atoms with van der Waals surface area (Å²) in [5, 5.41) is 9.69. The summed E-state index contributed by atoms with van der Waals surface area (Å²) < 4.78 is 6.58. The van der Waals surface area contributed by atoms with Gasteiger partial charge < -0.3 is 10.4 Å². The Bertz CT molecular complexity index is 76.1. The van der Waals surface area contributed by atoms with E-state index in [1.165, 1.54) is 0 Å². The minimum absolute atomic E-state index is 0.808. The van der Waals surface area contributed by atoms with E-state index in [2.05, 4.69) is 0 Å². The lowest BCUT2D eigenvalue weighted by Gasteiger charge is -1.87. The fraction of sp³-hybridized carbons (Fsp3) is 0.500. The number of amides is 1. The highest BCUT2D eigenvalue weighted by Crippen LogP contribution is 1.69. The van der Waals surface area contributed by atoms with Crippen LogP contribution in [0.5, 0.6) is 0 Å². The van der Waals surface area contributed by atoms with Crippen molar-refractivity contribution in [3.63, 3.8) is 0 Å². The lowest BCUT2D eigenvalue weighted by molar-refractivity contribution is 0.196. The first-order valence-electron chi connectivity index (χ1n) is 1.88. The molecule has 0 aliphatic rings. The van der Waals surface area contributed by atoms with E-state index in [1.54, 1.807) is 0 Å². The van der Waals surface area contributed by atoms with Crippen molar-refractivity contribution in [3.05, 3.63) is 0 Å². The third-order valence-electron chi connectivity index (χ3n) is 0.207. The maximum Gasteiger partial charge on any atom is 0.404 e. The highest BCUT2D eigenvalue weighted by molar-refractivity contribution is 7.16. The van der Waals surface area contributed by atoms with Gasteiger partial charge in [0.1, 0.15) is 0 Å². The number of hydrogen-bond donors (Lipinski definition) is 2. The zero-order valence-corrected chi connectivity index (χ0v) is 4.16. The van der Waals surface area contributed by atoms with E-state index in [0.29, 0.717) is 0 Å². The quantitative estimate of drug-likeness (QED) is 0.468. The molecular formula is C2H6NO2P. The van der Waals surface area contributed by atoms with Crippen molar-refractivity contribution < 1.29 is 11.3 Å². The van der Waals surface area contributed by atoms with Gasteiger partial charge in [-0.05, 0) is 0 Å². The van der Waals surface area contributed by atoms with Gasteiger partial charge >= 0.3 is 6.09 Å². The van der Waals surface area contributed by atoms with E-state index < -0.39 is 12.4 Å². The van der Waals surface area contributed by atoms with Crippen molar-refractivity contribution >= 4 is 15.3 Å². The molecule has 0 aromatic rings. The van der Waals surface area contributed by atoms with E-state index in [-0.39, 0.29) is 0 Å². The number of carbonyl (C=O) groups is 1. The van der Waals surface area contributed by atoms with Crippen molar-refractivity contribution in [1.29, 1.82) is 0 Å². The van der Waals surface area contributed by atoms with Gasteiger partial charge in [0, 0.05) is 6.26 Å². The molecule has 0 aliphatic carbocycles. The lowest BCUT2D eigenvalue weighted by atomic mass is 11.1. The zero-order valence-electron chi connectivity index (χ0n) is 4.01. The maximum absolute atomic E-state index is 9.57. The summed E-state index contributed by atoms with van der Waals surface area (Å²) in [6, 6.07) is 0. The summed E-state index contributed by atoms with van der Waals surface area (Å²) in [5.74, 6) is 0. The molecule has 0 heterocycles. The monoisotopic (exact) mass is 109 g/mol. The topological polar surface area (TPSA) is 49.3 Å². The van der Waals surface area contributed by atoms with E-state index >= 15 is 0 Å². The van der Waals surface area contributed by atoms with Crippen molar-refractivity contribution in [3.8, 4) is 0 Å². The molecule has 0 saturated heterocycles. The fourth-order valence-corrected chi connectivity index (χ4v) is 0.214. The first-order chi connectivity index (χ1) is 3.13. The van der Waals surface area contributed by atoms with Gasteiger partial charge in [-0.2, -0.15) is 0 Å². The molecule has 1 amide bonds. The first-order valence-corrected chi connectivity index (χ1v) is 1.97. The normalized spacial score (nSPS) is 15.2. The number of carboxylic acid groups (broad SMARTS) is 1. The molecule has 0 bridgehead atoms. The van der Waals surface area contributed by atoms with Crippen molar-refractivity contribution in [2.45, 2.75) is 0 Å². The maximum atomic E-state index is 9.57. The Morgan fingerprint density at radius 1 is 2.33 bits per heavy atom. The molecular weight excluding hydrogens is 101 g/mol. The van der Waals surface area contributed by atoms with Crippen LogP contribution in [0.15, 0.2) is 0 Å². The number of rotatable bonds is 1. The summed E-state index contributed by atoms with van der Waals surface area (Å²) in [6.07, 6.45) is -1.98. The molecule has 36 valence electrons. The SMILES string of the molecule is [3H]C(P)NC(=O)O. The molecule has 3 nitrogen and oxygen atoms in total. The van der Waals surface area contributed by atoms with Crippen LogP contribution in [0.1, 0.15) is 1.37 Å². The van der Waals surface area contributed by atoms with Crippen LogP contribution in [0.4, 0.5) is 4.79 Å². The molecule has 2 N–H and O–H groups in total. The van der Waals surface area contributed by atoms with Crippen LogP contribution >= 0.6 is 9.24 Å². The van der Waals surface area contributed by atoms with Crippen molar-refractivity contribution in [2.24, 2.45) is 0 Å². The smallest absolute Gasteiger partial charge is 0.404 e. The fourth-order valence-electron chi connectivity index (χ4n) is 0.0713.